The predicted molar refractivity (Wildman–Crippen MR) is 84.2 cm³/mol. The van der Waals surface area contributed by atoms with E-state index in [0.29, 0.717) is 6.42 Å². The number of nitrogens with one attached hydrogen (secondary N) is 1. The first kappa shape index (κ1) is 14.1. The quantitative estimate of drug-likeness (QED) is 0.942. The lowest BCUT2D eigenvalue weighted by Crippen LogP contribution is -2.38. The Kier molecular flexibility index (Phi) is 3.95. The number of rotatable bonds is 3. The van der Waals surface area contributed by atoms with Crippen LogP contribution >= 0.6 is 0 Å². The number of carbonyl (C=O) groups excluding carboxylic acids is 1. The second-order valence-corrected chi connectivity index (χ2v) is 6.13. The third-order valence-electron chi connectivity index (χ3n) is 4.42. The van der Waals surface area contributed by atoms with Crippen molar-refractivity contribution in [2.45, 2.75) is 39.5 Å². The van der Waals surface area contributed by atoms with Crippen LogP contribution in [0, 0.1) is 5.92 Å². The molecule has 0 saturated carbocycles. The summed E-state index contributed by atoms with van der Waals surface area (Å²) >= 11 is 0. The van der Waals surface area contributed by atoms with Crippen molar-refractivity contribution in [2.24, 2.45) is 5.92 Å². The lowest BCUT2D eigenvalue weighted by molar-refractivity contribution is -0.131. The van der Waals surface area contributed by atoms with Gasteiger partial charge in [-0.15, -0.1) is 0 Å². The summed E-state index contributed by atoms with van der Waals surface area (Å²) < 4.78 is 0. The highest BCUT2D eigenvalue weighted by molar-refractivity contribution is 5.82. The van der Waals surface area contributed by atoms with Crippen molar-refractivity contribution < 1.29 is 4.79 Å². The molecule has 1 amide bonds. The normalized spacial score (nSPS) is 16.6. The molecule has 1 saturated heterocycles. The number of hydrogen-bond donors (Lipinski definition) is 1. The Balaban J connectivity index is 1.70. The summed E-state index contributed by atoms with van der Waals surface area (Å²) in [6.07, 6.45) is 3.65. The zero-order chi connectivity index (χ0) is 14.8. The maximum absolute atomic E-state index is 12.4. The van der Waals surface area contributed by atoms with Crippen molar-refractivity contribution in [3.63, 3.8) is 0 Å². The summed E-state index contributed by atoms with van der Waals surface area (Å²) in [4.78, 5) is 22.2. The number of nitrogens with zero attached hydrogens (tertiary/aromatic N) is 2. The van der Waals surface area contributed by atoms with Gasteiger partial charge in [0.2, 0.25) is 5.91 Å². The molecular weight excluding hydrogens is 262 g/mol. The molecule has 1 aromatic carbocycles. The van der Waals surface area contributed by atoms with Crippen LogP contribution < -0.4 is 0 Å². The van der Waals surface area contributed by atoms with E-state index in [1.165, 1.54) is 0 Å². The molecule has 0 bridgehead atoms. The van der Waals surface area contributed by atoms with Gasteiger partial charge < -0.3 is 9.88 Å². The Bertz CT molecular complexity index is 639. The van der Waals surface area contributed by atoms with Gasteiger partial charge in [0, 0.05) is 19.5 Å². The fourth-order valence-electron chi connectivity index (χ4n) is 2.93. The van der Waals surface area contributed by atoms with Crippen molar-refractivity contribution in [1.82, 2.24) is 14.9 Å². The minimum absolute atomic E-state index is 0.247. The number of benzene rings is 1. The van der Waals surface area contributed by atoms with Crippen LogP contribution in [0.1, 0.15) is 38.1 Å². The second kappa shape index (κ2) is 5.88. The number of amides is 1. The van der Waals surface area contributed by atoms with E-state index >= 15 is 0 Å². The monoisotopic (exact) mass is 285 g/mol. The number of piperidine rings is 1. The molecule has 112 valence electrons. The highest BCUT2D eigenvalue weighted by Crippen LogP contribution is 2.18. The minimum Gasteiger partial charge on any atom is -0.342 e. The van der Waals surface area contributed by atoms with Crippen molar-refractivity contribution >= 4 is 16.9 Å². The molecule has 1 N–H and O–H groups in total. The highest BCUT2D eigenvalue weighted by atomic mass is 16.2. The van der Waals surface area contributed by atoms with Crippen LogP contribution in [-0.2, 0) is 17.6 Å². The molecule has 21 heavy (non-hydrogen) atoms. The van der Waals surface area contributed by atoms with Gasteiger partial charge in [0.15, 0.2) is 0 Å². The molecule has 0 atom stereocenters. The molecule has 1 fully saturated rings. The standard InChI is InChI=1S/C17H23N3O/c1-3-16-18-14-5-4-13(10-15(14)19-16)11-17(21)20-8-6-12(2)7-9-20/h4-5,10,12H,3,6-9,11H2,1-2H3,(H,18,19). The van der Waals surface area contributed by atoms with Crippen LogP contribution in [0.4, 0.5) is 0 Å². The van der Waals surface area contributed by atoms with Gasteiger partial charge in [-0.1, -0.05) is 19.9 Å². The SMILES string of the molecule is CCc1nc2ccc(CC(=O)N3CCC(C)CC3)cc2[nH]1. The summed E-state index contributed by atoms with van der Waals surface area (Å²) in [5.74, 6) is 2.00. The van der Waals surface area contributed by atoms with E-state index < -0.39 is 0 Å². The number of likely N-dealkylation sites (tertiary alicyclic amines) is 1. The lowest BCUT2D eigenvalue weighted by atomic mass is 9.98. The Morgan fingerprint density at radius 2 is 2.14 bits per heavy atom. The van der Waals surface area contributed by atoms with Gasteiger partial charge in [-0.3, -0.25) is 4.79 Å². The lowest BCUT2D eigenvalue weighted by Gasteiger charge is -2.30. The molecule has 0 spiro atoms. The van der Waals surface area contributed by atoms with Gasteiger partial charge in [-0.25, -0.2) is 4.98 Å². The third kappa shape index (κ3) is 3.09. The smallest absolute Gasteiger partial charge is 0.226 e. The van der Waals surface area contributed by atoms with Crippen LogP contribution in [0.3, 0.4) is 0 Å². The van der Waals surface area contributed by atoms with Crippen LogP contribution in [0.25, 0.3) is 11.0 Å². The number of aryl methyl sites for hydroxylation is 1. The third-order valence-corrected chi connectivity index (χ3v) is 4.42. The Hall–Kier alpha value is -1.84. The highest BCUT2D eigenvalue weighted by Gasteiger charge is 2.20. The number of aromatic nitrogens is 2. The molecule has 2 aromatic rings. The number of carbonyl (C=O) groups is 1. The maximum atomic E-state index is 12.4. The number of hydrogen-bond acceptors (Lipinski definition) is 2. The van der Waals surface area contributed by atoms with E-state index in [2.05, 4.69) is 29.9 Å². The summed E-state index contributed by atoms with van der Waals surface area (Å²) in [5, 5.41) is 0. The molecule has 4 heteroatoms. The van der Waals surface area contributed by atoms with Crippen LogP contribution in [0.5, 0.6) is 0 Å². The maximum Gasteiger partial charge on any atom is 0.226 e. The van der Waals surface area contributed by atoms with Crippen molar-refractivity contribution in [2.75, 3.05) is 13.1 Å². The van der Waals surface area contributed by atoms with E-state index in [-0.39, 0.29) is 5.91 Å². The molecule has 2 heterocycles. The Morgan fingerprint density at radius 3 is 2.86 bits per heavy atom. The fraction of sp³-hybridized carbons (Fsp3) is 0.529. The van der Waals surface area contributed by atoms with E-state index in [1.54, 1.807) is 0 Å². The minimum atomic E-state index is 0.247. The first-order valence-corrected chi connectivity index (χ1v) is 7.91. The summed E-state index contributed by atoms with van der Waals surface area (Å²) in [5.41, 5.74) is 3.08. The summed E-state index contributed by atoms with van der Waals surface area (Å²) in [6, 6.07) is 6.09. The average Bonchev–Trinajstić information content (AvgIpc) is 2.90. The first-order chi connectivity index (χ1) is 10.2. The van der Waals surface area contributed by atoms with Crippen molar-refractivity contribution in [3.05, 3.63) is 29.6 Å². The number of H-pyrrole nitrogens is 1. The van der Waals surface area contributed by atoms with Crippen LogP contribution in [-0.4, -0.2) is 33.9 Å². The first-order valence-electron chi connectivity index (χ1n) is 7.91. The Labute approximate surface area is 125 Å². The van der Waals surface area contributed by atoms with Gasteiger partial charge in [-0.05, 0) is 36.5 Å². The van der Waals surface area contributed by atoms with Crippen LogP contribution in [0.15, 0.2) is 18.2 Å². The van der Waals surface area contributed by atoms with Gasteiger partial charge >= 0.3 is 0 Å². The van der Waals surface area contributed by atoms with E-state index in [9.17, 15) is 4.79 Å². The van der Waals surface area contributed by atoms with Crippen molar-refractivity contribution in [3.8, 4) is 0 Å². The summed E-state index contributed by atoms with van der Waals surface area (Å²) in [6.45, 7) is 6.16. The van der Waals surface area contributed by atoms with Gasteiger partial charge in [-0.2, -0.15) is 0 Å². The van der Waals surface area contributed by atoms with E-state index in [1.807, 2.05) is 17.0 Å². The molecule has 0 aliphatic carbocycles. The molecule has 1 aliphatic heterocycles. The van der Waals surface area contributed by atoms with E-state index in [4.69, 9.17) is 0 Å². The van der Waals surface area contributed by atoms with Gasteiger partial charge in [0.25, 0.3) is 0 Å². The molecule has 1 aromatic heterocycles. The largest absolute Gasteiger partial charge is 0.342 e. The number of aromatic amines is 1. The number of fused-ring (bicyclic) bond motifs is 1. The predicted octanol–water partition coefficient (Wildman–Crippen LogP) is 2.93. The number of imidazole rings is 1. The zero-order valence-corrected chi connectivity index (χ0v) is 12.9. The second-order valence-electron chi connectivity index (χ2n) is 6.13. The zero-order valence-electron chi connectivity index (χ0n) is 12.9. The molecular formula is C17H23N3O. The Morgan fingerprint density at radius 1 is 1.38 bits per heavy atom. The van der Waals surface area contributed by atoms with Gasteiger partial charge in [0.05, 0.1) is 17.5 Å². The topological polar surface area (TPSA) is 49.0 Å². The molecule has 0 unspecified atom stereocenters. The summed E-state index contributed by atoms with van der Waals surface area (Å²) in [7, 11) is 0. The molecule has 1 aliphatic rings. The van der Waals surface area contributed by atoms with E-state index in [0.717, 1.165) is 60.7 Å². The van der Waals surface area contributed by atoms with Crippen LogP contribution in [0.2, 0.25) is 0 Å². The van der Waals surface area contributed by atoms with Crippen molar-refractivity contribution in [1.29, 1.82) is 0 Å². The van der Waals surface area contributed by atoms with Gasteiger partial charge in [0.1, 0.15) is 5.82 Å². The molecule has 3 rings (SSSR count). The molecule has 0 radical (unpaired) electrons. The fourth-order valence-corrected chi connectivity index (χ4v) is 2.93. The molecule has 4 nitrogen and oxygen atoms in total. The average molecular weight is 285 g/mol.